The molecule has 2 aliphatic heterocycles. The Kier molecular flexibility index (Phi) is 16.2. The summed E-state index contributed by atoms with van der Waals surface area (Å²) in [5.41, 5.74) is 16.8. The van der Waals surface area contributed by atoms with Crippen LogP contribution in [0.2, 0.25) is 5.15 Å². The summed E-state index contributed by atoms with van der Waals surface area (Å²) in [6, 6.07) is 26.0. The summed E-state index contributed by atoms with van der Waals surface area (Å²) in [4.78, 5) is 74.2. The van der Waals surface area contributed by atoms with Crippen molar-refractivity contribution in [3.63, 3.8) is 0 Å². The smallest absolute Gasteiger partial charge is 0.262 e. The van der Waals surface area contributed by atoms with Crippen LogP contribution < -0.4 is 5.73 Å². The summed E-state index contributed by atoms with van der Waals surface area (Å²) in [6.07, 6.45) is 4.64. The standard InChI is InChI=1S/C19H15N3O2S.C10H9ClN2.C10H10N2S.C9H6BrNO2.CH5N/c1-11-7-15-16(8-12(11)2)20-9-21-17(15)25-10-22-18(23)13-5-3-4-6-14(13)19(22)24;1-6-3-8-9(4-7(6)2)12-5-13-10(8)11;1-6-3-8-9(4-7(6)2)11-5-12-10(8)13;10-5-11-8(12)6-3-1-2-4-7(6)9(11)13;1-2/h3-9H,10H2,1-2H3;3-5H,1-2H3;3-5H,1-2H3,(H,11,12,13);1-4H,5H2;2H2,1H3. The maximum absolute atomic E-state index is 12.4. The molecule has 0 aliphatic carbocycles. The van der Waals surface area contributed by atoms with Crippen LogP contribution in [0.4, 0.5) is 0 Å². The lowest BCUT2D eigenvalue weighted by molar-refractivity contribution is 0.0669. The zero-order chi connectivity index (χ0) is 47.8. The van der Waals surface area contributed by atoms with E-state index in [1.165, 1.54) is 69.1 Å². The van der Waals surface area contributed by atoms with Crippen LogP contribution >= 0.6 is 51.5 Å². The largest absolute Gasteiger partial charge is 0.346 e. The first-order chi connectivity index (χ1) is 31.7. The lowest BCUT2D eigenvalue weighted by atomic mass is 10.1. The minimum absolute atomic E-state index is 0.225. The predicted octanol–water partition coefficient (Wildman–Crippen LogP) is 10.6. The second-order valence-electron chi connectivity index (χ2n) is 15.0. The first-order valence-corrected chi connectivity index (χ1v) is 23.3. The van der Waals surface area contributed by atoms with Crippen LogP contribution in [0.15, 0.2) is 109 Å². The third-order valence-electron chi connectivity index (χ3n) is 10.9. The molecule has 3 N–H and O–H groups in total. The summed E-state index contributed by atoms with van der Waals surface area (Å²) < 4.78 is 0.664. The second-order valence-corrected chi connectivity index (χ2v) is 17.2. The molecule has 0 bridgehead atoms. The fraction of sp³-hybridized carbons (Fsp3) is 0.184. The average Bonchev–Trinajstić information content (AvgIpc) is 3.71. The Hall–Kier alpha value is -6.30. The van der Waals surface area contributed by atoms with E-state index in [1.807, 2.05) is 32.0 Å². The molecular weight excluding hydrogens is 958 g/mol. The number of nitrogens with zero attached hydrogens (tertiary/aromatic N) is 7. The molecule has 5 heterocycles. The zero-order valence-electron chi connectivity index (χ0n) is 37.1. The lowest BCUT2D eigenvalue weighted by Gasteiger charge is -2.14. The Morgan fingerprint density at radius 2 is 1.02 bits per heavy atom. The molecule has 0 saturated heterocycles. The van der Waals surface area contributed by atoms with Crippen molar-refractivity contribution < 1.29 is 19.2 Å². The average molecular weight is 1000 g/mol. The summed E-state index contributed by atoms with van der Waals surface area (Å²) in [5, 5.41) is 4.18. The van der Waals surface area contributed by atoms with Crippen LogP contribution in [-0.2, 0) is 0 Å². The number of carbonyl (C=O) groups is 4. The van der Waals surface area contributed by atoms with Crippen LogP contribution in [0.3, 0.4) is 0 Å². The molecule has 0 fully saturated rings. The van der Waals surface area contributed by atoms with E-state index in [9.17, 15) is 19.2 Å². The van der Waals surface area contributed by atoms with Gasteiger partial charge in [0.1, 0.15) is 27.5 Å². The van der Waals surface area contributed by atoms with E-state index in [-0.39, 0.29) is 35.0 Å². The molecule has 4 amide bonds. The molecule has 0 atom stereocenters. The van der Waals surface area contributed by atoms with Gasteiger partial charge in [0.05, 0.1) is 50.9 Å². The number of nitrogens with one attached hydrogen (secondary N) is 1. The topological polar surface area (TPSA) is 181 Å². The highest BCUT2D eigenvalue weighted by Gasteiger charge is 2.35. The molecule has 8 aromatic rings. The number of carbonyl (C=O) groups excluding carboxylic acids is 4. The number of rotatable bonds is 4. The number of amides is 4. The molecule has 2 aliphatic rings. The van der Waals surface area contributed by atoms with Gasteiger partial charge in [-0.15, -0.1) is 0 Å². The van der Waals surface area contributed by atoms with Gasteiger partial charge in [0.15, 0.2) is 0 Å². The molecule has 10 rings (SSSR count). The molecular formula is C49H45BrClN9O4S2. The Morgan fingerprint density at radius 3 is 1.53 bits per heavy atom. The van der Waals surface area contributed by atoms with Gasteiger partial charge in [-0.05, 0) is 143 Å². The molecule has 5 aromatic carbocycles. The summed E-state index contributed by atoms with van der Waals surface area (Å²) in [7, 11) is 1.50. The van der Waals surface area contributed by atoms with Crippen molar-refractivity contribution in [2.45, 2.75) is 46.6 Å². The maximum Gasteiger partial charge on any atom is 0.262 e. The van der Waals surface area contributed by atoms with Crippen molar-refractivity contribution in [2.75, 3.05) is 18.4 Å². The van der Waals surface area contributed by atoms with Crippen LogP contribution in [0, 0.1) is 46.2 Å². The summed E-state index contributed by atoms with van der Waals surface area (Å²) >= 11 is 15.5. The number of H-pyrrole nitrogens is 1. The number of benzene rings is 5. The minimum Gasteiger partial charge on any atom is -0.346 e. The molecule has 13 nitrogen and oxygen atoms in total. The third kappa shape index (κ3) is 10.5. The van der Waals surface area contributed by atoms with E-state index in [1.54, 1.807) is 54.9 Å². The number of aromatic nitrogens is 6. The number of halogens is 2. The first-order valence-electron chi connectivity index (χ1n) is 20.4. The number of imide groups is 2. The number of hydrogen-bond acceptors (Lipinski definition) is 12. The fourth-order valence-corrected chi connectivity index (χ4v) is 8.66. The maximum atomic E-state index is 12.4. The van der Waals surface area contributed by atoms with Crippen LogP contribution in [0.5, 0.6) is 0 Å². The van der Waals surface area contributed by atoms with Gasteiger partial charge in [0.2, 0.25) is 0 Å². The molecule has 0 saturated carbocycles. The van der Waals surface area contributed by atoms with Crippen molar-refractivity contribution in [3.05, 3.63) is 169 Å². The predicted molar refractivity (Wildman–Crippen MR) is 268 cm³/mol. The first kappa shape index (κ1) is 49.1. The molecule has 3 aromatic heterocycles. The number of thioether (sulfide) groups is 1. The van der Waals surface area contributed by atoms with Crippen molar-refractivity contribution >= 4 is 108 Å². The van der Waals surface area contributed by atoms with Gasteiger partial charge >= 0.3 is 0 Å². The fourth-order valence-electron chi connectivity index (χ4n) is 6.86. The Bertz CT molecular complexity index is 3170. The Labute approximate surface area is 404 Å². The lowest BCUT2D eigenvalue weighted by Crippen LogP contribution is -2.29. The number of hydrogen-bond donors (Lipinski definition) is 2. The van der Waals surface area contributed by atoms with Gasteiger partial charge in [0, 0.05) is 21.7 Å². The molecule has 17 heteroatoms. The number of aryl methyl sites for hydroxylation is 6. The minimum atomic E-state index is -0.251. The summed E-state index contributed by atoms with van der Waals surface area (Å²) in [5.74, 6) is -0.724. The molecule has 0 unspecified atom stereocenters. The highest BCUT2D eigenvalue weighted by Crippen LogP contribution is 2.31. The van der Waals surface area contributed by atoms with Gasteiger partial charge in [-0.3, -0.25) is 29.0 Å². The van der Waals surface area contributed by atoms with Gasteiger partial charge in [-0.1, -0.05) is 75.8 Å². The number of alkyl halides is 1. The number of nitrogens with two attached hydrogens (primary N) is 1. The van der Waals surface area contributed by atoms with Gasteiger partial charge in [0.25, 0.3) is 23.6 Å². The van der Waals surface area contributed by atoms with Gasteiger partial charge in [-0.2, -0.15) is 0 Å². The number of aromatic amines is 1. The van der Waals surface area contributed by atoms with Crippen LogP contribution in [-0.4, -0.2) is 81.7 Å². The monoisotopic (exact) mass is 1000 g/mol. The van der Waals surface area contributed by atoms with Crippen molar-refractivity contribution in [2.24, 2.45) is 5.73 Å². The number of fused-ring (bicyclic) bond motifs is 5. The Morgan fingerprint density at radius 1 is 0.591 bits per heavy atom. The zero-order valence-corrected chi connectivity index (χ0v) is 41.1. The van der Waals surface area contributed by atoms with E-state index < -0.39 is 0 Å². The van der Waals surface area contributed by atoms with Crippen molar-refractivity contribution in [3.8, 4) is 0 Å². The van der Waals surface area contributed by atoms with E-state index >= 15 is 0 Å². The molecule has 0 spiro atoms. The second kappa shape index (κ2) is 21.8. The third-order valence-corrected chi connectivity index (χ3v) is 13.0. The van der Waals surface area contributed by atoms with E-state index in [0.717, 1.165) is 43.3 Å². The Balaban J connectivity index is 0.000000151. The SMILES string of the molecule is CN.Cc1cc2[nH]cnc(=S)c2cc1C.Cc1cc2ncnc(Cl)c2cc1C.Cc1cc2ncnc(SCN3C(=O)c4ccccc4C3=O)c2cc1C.O=C1c2ccccc2C(=O)N1CBr. The van der Waals surface area contributed by atoms with Crippen LogP contribution in [0.1, 0.15) is 74.8 Å². The highest BCUT2D eigenvalue weighted by atomic mass is 79.9. The van der Waals surface area contributed by atoms with E-state index in [0.29, 0.717) is 32.0 Å². The molecule has 336 valence electrons. The molecule has 0 radical (unpaired) electrons. The normalized spacial score (nSPS) is 12.4. The summed E-state index contributed by atoms with van der Waals surface area (Å²) in [6.45, 7) is 12.4. The quantitative estimate of drug-likeness (QED) is 0.0426. The van der Waals surface area contributed by atoms with Gasteiger partial charge in [-0.25, -0.2) is 24.9 Å². The highest BCUT2D eigenvalue weighted by molar-refractivity contribution is 9.09. The molecule has 66 heavy (non-hydrogen) atoms. The van der Waals surface area contributed by atoms with E-state index in [2.05, 4.69) is 97.5 Å². The van der Waals surface area contributed by atoms with E-state index in [4.69, 9.17) is 23.8 Å². The van der Waals surface area contributed by atoms with Crippen LogP contribution in [0.25, 0.3) is 32.7 Å². The van der Waals surface area contributed by atoms with Crippen molar-refractivity contribution in [1.29, 1.82) is 0 Å². The van der Waals surface area contributed by atoms with Crippen molar-refractivity contribution in [1.82, 2.24) is 39.7 Å². The van der Waals surface area contributed by atoms with Gasteiger partial charge < -0.3 is 10.7 Å².